The summed E-state index contributed by atoms with van der Waals surface area (Å²) in [6, 6.07) is 1.57. The fourth-order valence-electron chi connectivity index (χ4n) is 0.585. The van der Waals surface area contributed by atoms with E-state index in [2.05, 4.69) is 5.10 Å². The Kier molecular flexibility index (Phi) is 2.04. The smallest absolute Gasteiger partial charge is 0.213 e. The molecule has 0 saturated carbocycles. The van der Waals surface area contributed by atoms with Crippen LogP contribution in [0.1, 0.15) is 6.92 Å². The molecule has 1 rings (SSSR count). The standard InChI is InChI=1S/C6H8N2O2/c1-2-10-6-3-4-8(9)7-5-6/h3-5H,2H2,1H3. The van der Waals surface area contributed by atoms with Crippen LogP contribution in [0.2, 0.25) is 0 Å². The summed E-state index contributed by atoms with van der Waals surface area (Å²) in [7, 11) is 0. The van der Waals surface area contributed by atoms with Gasteiger partial charge in [-0.2, -0.15) is 0 Å². The minimum Gasteiger partial charge on any atom is -0.594 e. The fraction of sp³-hybridized carbons (Fsp3) is 0.333. The van der Waals surface area contributed by atoms with Crippen molar-refractivity contribution in [1.29, 1.82) is 0 Å². The van der Waals surface area contributed by atoms with Gasteiger partial charge in [0, 0.05) is 11.2 Å². The first kappa shape index (κ1) is 6.80. The Morgan fingerprint density at radius 1 is 1.80 bits per heavy atom. The Labute approximate surface area is 58.6 Å². The molecule has 4 nitrogen and oxygen atoms in total. The van der Waals surface area contributed by atoms with Crippen LogP contribution in [-0.2, 0) is 0 Å². The molecule has 0 radical (unpaired) electrons. The molecule has 0 fully saturated rings. The van der Waals surface area contributed by atoms with Crippen molar-refractivity contribution in [1.82, 2.24) is 5.10 Å². The number of hydrogen-bond donors (Lipinski definition) is 0. The zero-order chi connectivity index (χ0) is 7.40. The van der Waals surface area contributed by atoms with Gasteiger partial charge in [0.2, 0.25) is 6.20 Å². The molecular formula is C6H8N2O2. The molecule has 0 aliphatic rings. The van der Waals surface area contributed by atoms with Gasteiger partial charge < -0.3 is 9.94 Å². The first-order valence-electron chi connectivity index (χ1n) is 3.01. The second-order valence-electron chi connectivity index (χ2n) is 1.70. The lowest BCUT2D eigenvalue weighted by Gasteiger charge is -1.98. The van der Waals surface area contributed by atoms with Gasteiger partial charge in [0.15, 0.2) is 0 Å². The molecule has 10 heavy (non-hydrogen) atoms. The average molecular weight is 140 g/mol. The van der Waals surface area contributed by atoms with Crippen molar-refractivity contribution >= 4 is 0 Å². The summed E-state index contributed by atoms with van der Waals surface area (Å²) >= 11 is 0. The highest BCUT2D eigenvalue weighted by molar-refractivity contribution is 5.11. The third-order valence-corrected chi connectivity index (χ3v) is 0.976. The van der Waals surface area contributed by atoms with E-state index in [9.17, 15) is 5.21 Å². The molecule has 0 aromatic carbocycles. The topological polar surface area (TPSA) is 49.1 Å². The van der Waals surface area contributed by atoms with Crippen molar-refractivity contribution in [3.05, 3.63) is 23.7 Å². The van der Waals surface area contributed by atoms with E-state index in [-0.39, 0.29) is 0 Å². The highest BCUT2D eigenvalue weighted by Crippen LogP contribution is 2.02. The van der Waals surface area contributed by atoms with Crippen LogP contribution in [0.25, 0.3) is 0 Å². The van der Waals surface area contributed by atoms with Crippen molar-refractivity contribution in [2.45, 2.75) is 6.92 Å². The van der Waals surface area contributed by atoms with Crippen LogP contribution < -0.4 is 9.58 Å². The molecule has 1 aromatic heterocycles. The van der Waals surface area contributed by atoms with E-state index in [0.29, 0.717) is 17.2 Å². The van der Waals surface area contributed by atoms with Gasteiger partial charge in [-0.25, -0.2) is 0 Å². The van der Waals surface area contributed by atoms with Gasteiger partial charge in [-0.05, 0) is 6.92 Å². The van der Waals surface area contributed by atoms with Crippen LogP contribution >= 0.6 is 0 Å². The molecule has 0 aliphatic heterocycles. The highest BCUT2D eigenvalue weighted by atomic mass is 16.5. The lowest BCUT2D eigenvalue weighted by Crippen LogP contribution is -2.29. The van der Waals surface area contributed by atoms with E-state index in [0.717, 1.165) is 0 Å². The largest absolute Gasteiger partial charge is 0.594 e. The maximum absolute atomic E-state index is 10.4. The maximum Gasteiger partial charge on any atom is 0.213 e. The van der Waals surface area contributed by atoms with Crippen molar-refractivity contribution in [3.63, 3.8) is 0 Å². The van der Waals surface area contributed by atoms with Crippen LogP contribution in [-0.4, -0.2) is 11.7 Å². The van der Waals surface area contributed by atoms with Crippen molar-refractivity contribution in [2.24, 2.45) is 0 Å². The van der Waals surface area contributed by atoms with E-state index in [1.165, 1.54) is 12.4 Å². The molecule has 0 amide bonds. The van der Waals surface area contributed by atoms with Gasteiger partial charge in [0.1, 0.15) is 11.9 Å². The van der Waals surface area contributed by atoms with E-state index in [4.69, 9.17) is 4.74 Å². The Morgan fingerprint density at radius 3 is 3.10 bits per heavy atom. The van der Waals surface area contributed by atoms with Gasteiger partial charge in [-0.1, -0.05) is 4.85 Å². The third kappa shape index (κ3) is 1.58. The van der Waals surface area contributed by atoms with Crippen LogP contribution in [0.15, 0.2) is 18.5 Å². The normalized spacial score (nSPS) is 9.30. The molecule has 0 saturated heterocycles. The van der Waals surface area contributed by atoms with E-state index < -0.39 is 0 Å². The predicted octanol–water partition coefficient (Wildman–Crippen LogP) is 0.114. The lowest BCUT2D eigenvalue weighted by atomic mass is 10.5. The molecule has 1 heterocycles. The summed E-state index contributed by atoms with van der Waals surface area (Å²) in [6.07, 6.45) is 2.68. The van der Waals surface area contributed by atoms with Crippen LogP contribution in [0, 0.1) is 5.21 Å². The lowest BCUT2D eigenvalue weighted by molar-refractivity contribution is -0.669. The summed E-state index contributed by atoms with van der Waals surface area (Å²) in [5.74, 6) is 0.620. The zero-order valence-corrected chi connectivity index (χ0v) is 5.65. The molecule has 0 aliphatic carbocycles. The first-order chi connectivity index (χ1) is 4.83. The molecule has 54 valence electrons. The van der Waals surface area contributed by atoms with E-state index in [1.807, 2.05) is 6.92 Å². The Morgan fingerprint density at radius 2 is 2.60 bits per heavy atom. The summed E-state index contributed by atoms with van der Waals surface area (Å²) < 4.78 is 5.05. The maximum atomic E-state index is 10.4. The second kappa shape index (κ2) is 3.00. The number of aromatic nitrogens is 2. The Hall–Kier alpha value is -1.32. The number of nitrogens with zero attached hydrogens (tertiary/aromatic N) is 2. The number of rotatable bonds is 2. The molecule has 0 bridgehead atoms. The molecule has 0 spiro atoms. The Balaban J connectivity index is 2.69. The predicted molar refractivity (Wildman–Crippen MR) is 34.4 cm³/mol. The molecule has 0 unspecified atom stereocenters. The van der Waals surface area contributed by atoms with Crippen molar-refractivity contribution in [3.8, 4) is 5.75 Å². The Bertz CT molecular complexity index is 197. The molecule has 0 atom stereocenters. The average Bonchev–Trinajstić information content (AvgIpc) is 1.95. The monoisotopic (exact) mass is 140 g/mol. The zero-order valence-electron chi connectivity index (χ0n) is 5.65. The van der Waals surface area contributed by atoms with E-state index >= 15 is 0 Å². The van der Waals surface area contributed by atoms with Crippen LogP contribution in [0.5, 0.6) is 5.75 Å². The molecule has 1 aromatic rings. The summed E-state index contributed by atoms with van der Waals surface area (Å²) in [5.41, 5.74) is 0. The van der Waals surface area contributed by atoms with Gasteiger partial charge >= 0.3 is 0 Å². The first-order valence-corrected chi connectivity index (χ1v) is 3.01. The van der Waals surface area contributed by atoms with Crippen LogP contribution in [0.4, 0.5) is 0 Å². The molecular weight excluding hydrogens is 132 g/mol. The number of ether oxygens (including phenoxy) is 1. The van der Waals surface area contributed by atoms with Crippen LogP contribution in [0.3, 0.4) is 0 Å². The number of hydrogen-bond acceptors (Lipinski definition) is 3. The van der Waals surface area contributed by atoms with Crippen molar-refractivity contribution < 1.29 is 9.58 Å². The van der Waals surface area contributed by atoms with Gasteiger partial charge in [-0.3, -0.25) is 0 Å². The van der Waals surface area contributed by atoms with E-state index in [1.54, 1.807) is 6.07 Å². The quantitative estimate of drug-likeness (QED) is 0.433. The van der Waals surface area contributed by atoms with Crippen molar-refractivity contribution in [2.75, 3.05) is 6.61 Å². The minimum absolute atomic E-state index is 0.475. The molecule has 4 heteroatoms. The summed E-state index contributed by atoms with van der Waals surface area (Å²) in [4.78, 5) is 0.475. The minimum atomic E-state index is 0.475. The third-order valence-electron chi connectivity index (χ3n) is 0.976. The second-order valence-corrected chi connectivity index (χ2v) is 1.70. The fourth-order valence-corrected chi connectivity index (χ4v) is 0.585. The summed E-state index contributed by atoms with van der Waals surface area (Å²) in [6.45, 7) is 2.46. The summed E-state index contributed by atoms with van der Waals surface area (Å²) in [5, 5.41) is 13.8. The SMILES string of the molecule is CCOc1cc[n+]([O-])nc1. The molecule has 0 N–H and O–H groups in total. The highest BCUT2D eigenvalue weighted by Gasteiger charge is 1.93. The van der Waals surface area contributed by atoms with Gasteiger partial charge in [-0.15, -0.1) is 0 Å². The van der Waals surface area contributed by atoms with Gasteiger partial charge in [0.05, 0.1) is 6.61 Å². The van der Waals surface area contributed by atoms with Gasteiger partial charge in [0.25, 0.3) is 0 Å².